The molecule has 0 radical (unpaired) electrons. The molecule has 1 unspecified atom stereocenters. The van der Waals surface area contributed by atoms with E-state index in [0.29, 0.717) is 12.0 Å². The van der Waals surface area contributed by atoms with E-state index in [0.717, 1.165) is 24.6 Å². The van der Waals surface area contributed by atoms with Crippen molar-refractivity contribution in [2.75, 3.05) is 34.4 Å². The second-order valence-corrected chi connectivity index (χ2v) is 4.97. The molecule has 0 bridgehead atoms. The summed E-state index contributed by atoms with van der Waals surface area (Å²) in [6.07, 6.45) is 2.42. The maximum atomic E-state index is 5.39. The van der Waals surface area contributed by atoms with Crippen molar-refractivity contribution in [1.29, 1.82) is 0 Å². The number of methoxy groups -OCH3 is 2. The van der Waals surface area contributed by atoms with Crippen molar-refractivity contribution in [3.8, 4) is 11.5 Å². The molecule has 1 atom stereocenters. The summed E-state index contributed by atoms with van der Waals surface area (Å²) < 4.78 is 10.7. The number of hydrogen-bond acceptors (Lipinski definition) is 4. The van der Waals surface area contributed by atoms with Crippen molar-refractivity contribution >= 4 is 0 Å². The molecule has 1 aliphatic heterocycles. The van der Waals surface area contributed by atoms with E-state index in [1.165, 1.54) is 18.4 Å². The average Bonchev–Trinajstić information content (AvgIpc) is 2.49. The summed E-state index contributed by atoms with van der Waals surface area (Å²) in [5.41, 5.74) is 1.27. The van der Waals surface area contributed by atoms with Crippen LogP contribution in [0.1, 0.15) is 24.4 Å². The highest BCUT2D eigenvalue weighted by Gasteiger charge is 2.24. The van der Waals surface area contributed by atoms with Gasteiger partial charge in [0.15, 0.2) is 11.5 Å². The minimum Gasteiger partial charge on any atom is -0.493 e. The molecule has 0 spiro atoms. The van der Waals surface area contributed by atoms with Crippen LogP contribution in [-0.2, 0) is 0 Å². The third-order valence-electron chi connectivity index (χ3n) is 3.93. The molecule has 1 aromatic carbocycles. The van der Waals surface area contributed by atoms with Gasteiger partial charge in [0, 0.05) is 6.04 Å². The van der Waals surface area contributed by atoms with Gasteiger partial charge in [0.25, 0.3) is 0 Å². The lowest BCUT2D eigenvalue weighted by Crippen LogP contribution is -2.35. The molecule has 0 aromatic heterocycles. The SMILES string of the molecule is CNC(c1ccc(OC)c(OC)c1)C1CCNCC1. The summed E-state index contributed by atoms with van der Waals surface area (Å²) in [4.78, 5) is 0. The second-order valence-electron chi connectivity index (χ2n) is 4.97. The minimum absolute atomic E-state index is 0.377. The van der Waals surface area contributed by atoms with Gasteiger partial charge < -0.3 is 20.1 Å². The van der Waals surface area contributed by atoms with E-state index in [4.69, 9.17) is 9.47 Å². The zero-order chi connectivity index (χ0) is 13.7. The van der Waals surface area contributed by atoms with Crippen LogP contribution < -0.4 is 20.1 Å². The van der Waals surface area contributed by atoms with Crippen LogP contribution in [0.4, 0.5) is 0 Å². The van der Waals surface area contributed by atoms with Crippen molar-refractivity contribution in [2.45, 2.75) is 18.9 Å². The van der Waals surface area contributed by atoms with Crippen LogP contribution in [0.15, 0.2) is 18.2 Å². The first kappa shape index (κ1) is 14.2. The van der Waals surface area contributed by atoms with Crippen molar-refractivity contribution in [3.05, 3.63) is 23.8 Å². The van der Waals surface area contributed by atoms with E-state index in [9.17, 15) is 0 Å². The number of ether oxygens (including phenoxy) is 2. The zero-order valence-corrected chi connectivity index (χ0v) is 12.0. The number of nitrogens with one attached hydrogen (secondary N) is 2. The van der Waals surface area contributed by atoms with Gasteiger partial charge in [0.05, 0.1) is 14.2 Å². The lowest BCUT2D eigenvalue weighted by atomic mass is 9.86. The largest absolute Gasteiger partial charge is 0.493 e. The van der Waals surface area contributed by atoms with E-state index < -0.39 is 0 Å². The lowest BCUT2D eigenvalue weighted by Gasteiger charge is -2.31. The standard InChI is InChI=1S/C15H24N2O2/c1-16-15(11-6-8-17-9-7-11)12-4-5-13(18-2)14(10-12)19-3/h4-5,10-11,15-17H,6-9H2,1-3H3. The van der Waals surface area contributed by atoms with Gasteiger partial charge in [-0.25, -0.2) is 0 Å². The average molecular weight is 264 g/mol. The highest BCUT2D eigenvalue weighted by atomic mass is 16.5. The number of rotatable bonds is 5. The molecular formula is C15H24N2O2. The Bertz CT molecular complexity index is 403. The maximum Gasteiger partial charge on any atom is 0.161 e. The summed E-state index contributed by atoms with van der Waals surface area (Å²) >= 11 is 0. The number of benzene rings is 1. The van der Waals surface area contributed by atoms with Gasteiger partial charge >= 0.3 is 0 Å². The Kier molecular flexibility index (Phi) is 5.05. The van der Waals surface area contributed by atoms with Gasteiger partial charge in [0.2, 0.25) is 0 Å². The third-order valence-corrected chi connectivity index (χ3v) is 3.93. The second kappa shape index (κ2) is 6.78. The zero-order valence-electron chi connectivity index (χ0n) is 12.0. The quantitative estimate of drug-likeness (QED) is 0.853. The van der Waals surface area contributed by atoms with Gasteiger partial charge in [0.1, 0.15) is 0 Å². The van der Waals surface area contributed by atoms with Crippen molar-refractivity contribution in [1.82, 2.24) is 10.6 Å². The topological polar surface area (TPSA) is 42.5 Å². The van der Waals surface area contributed by atoms with Crippen LogP contribution in [0.3, 0.4) is 0 Å². The maximum absolute atomic E-state index is 5.39. The van der Waals surface area contributed by atoms with Gasteiger partial charge in [-0.2, -0.15) is 0 Å². The van der Waals surface area contributed by atoms with E-state index in [2.05, 4.69) is 22.8 Å². The van der Waals surface area contributed by atoms with E-state index >= 15 is 0 Å². The van der Waals surface area contributed by atoms with Crippen molar-refractivity contribution < 1.29 is 9.47 Å². The predicted molar refractivity (Wildman–Crippen MR) is 76.9 cm³/mol. The first-order chi connectivity index (χ1) is 9.30. The lowest BCUT2D eigenvalue weighted by molar-refractivity contribution is 0.292. The molecule has 4 heteroatoms. The molecule has 0 saturated carbocycles. The summed E-state index contributed by atoms with van der Waals surface area (Å²) in [5, 5.41) is 6.87. The van der Waals surface area contributed by atoms with Crippen LogP contribution in [0, 0.1) is 5.92 Å². The molecule has 0 amide bonds. The molecule has 1 aliphatic rings. The first-order valence-corrected chi connectivity index (χ1v) is 6.90. The molecular weight excluding hydrogens is 240 g/mol. The van der Waals surface area contributed by atoms with Crippen LogP contribution in [0.5, 0.6) is 11.5 Å². The summed E-state index contributed by atoms with van der Waals surface area (Å²) in [6, 6.07) is 6.58. The van der Waals surface area contributed by atoms with Crippen molar-refractivity contribution in [2.24, 2.45) is 5.92 Å². The molecule has 4 nitrogen and oxygen atoms in total. The Morgan fingerprint density at radius 1 is 1.16 bits per heavy atom. The minimum atomic E-state index is 0.377. The Morgan fingerprint density at radius 3 is 2.42 bits per heavy atom. The normalized spacial score (nSPS) is 18.1. The molecule has 106 valence electrons. The van der Waals surface area contributed by atoms with Crippen LogP contribution in [-0.4, -0.2) is 34.4 Å². The van der Waals surface area contributed by atoms with E-state index in [1.54, 1.807) is 14.2 Å². The van der Waals surface area contributed by atoms with Crippen LogP contribution in [0.2, 0.25) is 0 Å². The van der Waals surface area contributed by atoms with E-state index in [-0.39, 0.29) is 0 Å². The third kappa shape index (κ3) is 3.19. The molecule has 2 N–H and O–H groups in total. The smallest absolute Gasteiger partial charge is 0.161 e. The Hall–Kier alpha value is -1.26. The molecule has 1 saturated heterocycles. The molecule has 0 aliphatic carbocycles. The highest BCUT2D eigenvalue weighted by Crippen LogP contribution is 2.34. The number of piperidine rings is 1. The molecule has 2 rings (SSSR count). The molecule has 1 fully saturated rings. The van der Waals surface area contributed by atoms with Gasteiger partial charge in [-0.15, -0.1) is 0 Å². The highest BCUT2D eigenvalue weighted by molar-refractivity contribution is 5.44. The fourth-order valence-electron chi connectivity index (χ4n) is 2.90. The molecule has 1 aromatic rings. The fraction of sp³-hybridized carbons (Fsp3) is 0.600. The summed E-state index contributed by atoms with van der Waals surface area (Å²) in [6.45, 7) is 2.21. The van der Waals surface area contributed by atoms with E-state index in [1.807, 2.05) is 13.1 Å². The van der Waals surface area contributed by atoms with Crippen LogP contribution >= 0.6 is 0 Å². The predicted octanol–water partition coefficient (Wildman–Crippen LogP) is 1.96. The molecule has 1 heterocycles. The summed E-state index contributed by atoms with van der Waals surface area (Å²) in [5.74, 6) is 2.25. The first-order valence-electron chi connectivity index (χ1n) is 6.90. The van der Waals surface area contributed by atoms with Gasteiger partial charge in [-0.3, -0.25) is 0 Å². The number of hydrogen-bond donors (Lipinski definition) is 2. The Balaban J connectivity index is 2.22. The van der Waals surface area contributed by atoms with Crippen molar-refractivity contribution in [3.63, 3.8) is 0 Å². The van der Waals surface area contributed by atoms with Crippen LogP contribution in [0.25, 0.3) is 0 Å². The summed E-state index contributed by atoms with van der Waals surface area (Å²) in [7, 11) is 5.38. The monoisotopic (exact) mass is 264 g/mol. The Labute approximate surface area is 115 Å². The fourth-order valence-corrected chi connectivity index (χ4v) is 2.90. The Morgan fingerprint density at radius 2 is 1.84 bits per heavy atom. The molecule has 19 heavy (non-hydrogen) atoms. The van der Waals surface area contributed by atoms with Gasteiger partial charge in [-0.05, 0) is 56.6 Å². The van der Waals surface area contributed by atoms with Gasteiger partial charge in [-0.1, -0.05) is 6.07 Å².